The van der Waals surface area contributed by atoms with Crippen LogP contribution in [0, 0.1) is 5.92 Å². The van der Waals surface area contributed by atoms with Crippen LogP contribution in [0.2, 0.25) is 0 Å². The lowest BCUT2D eigenvalue weighted by Gasteiger charge is -2.04. The maximum absolute atomic E-state index is 10.6. The molecule has 2 nitrogen and oxygen atoms in total. The molecule has 0 heterocycles. The van der Waals surface area contributed by atoms with Crippen LogP contribution in [0.15, 0.2) is 12.7 Å². The summed E-state index contributed by atoms with van der Waals surface area (Å²) < 4.78 is 0. The Morgan fingerprint density at radius 3 is 2.73 bits per heavy atom. The average molecular weight is 155 g/mol. The molecule has 0 rings (SSSR count). The summed E-state index contributed by atoms with van der Waals surface area (Å²) in [5.74, 6) is -0.164. The Kier molecular flexibility index (Phi) is 5.53. The Balaban J connectivity index is 3.24. The van der Waals surface area contributed by atoms with Crippen LogP contribution in [-0.4, -0.2) is 5.91 Å². The van der Waals surface area contributed by atoms with Gasteiger partial charge in [0.15, 0.2) is 0 Å². The predicted molar refractivity (Wildman–Crippen MR) is 47.0 cm³/mol. The zero-order valence-electron chi connectivity index (χ0n) is 7.18. The summed E-state index contributed by atoms with van der Waals surface area (Å²) in [5.41, 5.74) is 5.09. The molecule has 1 unspecified atom stereocenters. The maximum Gasteiger partial charge on any atom is 0.220 e. The highest BCUT2D eigenvalue weighted by molar-refractivity contribution is 5.76. The van der Waals surface area contributed by atoms with Crippen molar-refractivity contribution >= 4 is 5.91 Å². The Morgan fingerprint density at radius 1 is 1.64 bits per heavy atom. The summed E-state index contributed by atoms with van der Waals surface area (Å²) >= 11 is 0. The van der Waals surface area contributed by atoms with E-state index in [4.69, 9.17) is 5.73 Å². The molecule has 0 spiro atoms. The van der Waals surface area contributed by atoms with Crippen molar-refractivity contribution in [2.75, 3.05) is 0 Å². The van der Waals surface area contributed by atoms with Gasteiger partial charge in [0.2, 0.25) is 5.91 Å². The lowest BCUT2D eigenvalue weighted by atomic mass is 10.0. The molecule has 2 heteroatoms. The lowest BCUT2D eigenvalue weighted by Crippen LogP contribution is -2.20. The van der Waals surface area contributed by atoms with Gasteiger partial charge in [-0.1, -0.05) is 19.4 Å². The van der Waals surface area contributed by atoms with E-state index in [1.54, 1.807) is 0 Å². The zero-order valence-corrected chi connectivity index (χ0v) is 7.18. The number of carbonyl (C=O) groups excluding carboxylic acids is 1. The Hall–Kier alpha value is -0.790. The molecule has 0 aliphatic rings. The second-order valence-corrected chi connectivity index (χ2v) is 2.88. The molecule has 0 bridgehead atoms. The second kappa shape index (κ2) is 5.96. The first-order chi connectivity index (χ1) is 5.18. The van der Waals surface area contributed by atoms with E-state index in [-0.39, 0.29) is 11.8 Å². The van der Waals surface area contributed by atoms with E-state index < -0.39 is 0 Å². The number of rotatable bonds is 6. The molecule has 0 fully saturated rings. The van der Waals surface area contributed by atoms with Crippen molar-refractivity contribution in [1.29, 1.82) is 0 Å². The van der Waals surface area contributed by atoms with Crippen molar-refractivity contribution in [2.45, 2.75) is 32.6 Å². The largest absolute Gasteiger partial charge is 0.369 e. The number of nitrogens with two attached hydrogens (primary N) is 1. The van der Waals surface area contributed by atoms with Gasteiger partial charge in [0.1, 0.15) is 0 Å². The predicted octanol–water partition coefficient (Wildman–Crippen LogP) is 1.85. The van der Waals surface area contributed by atoms with Gasteiger partial charge < -0.3 is 5.73 Å². The van der Waals surface area contributed by atoms with E-state index in [1.807, 2.05) is 13.0 Å². The molecular weight excluding hydrogens is 138 g/mol. The van der Waals surface area contributed by atoms with Crippen molar-refractivity contribution in [3.8, 4) is 0 Å². The van der Waals surface area contributed by atoms with E-state index in [2.05, 4.69) is 6.58 Å². The molecule has 0 saturated carbocycles. The number of amides is 1. The van der Waals surface area contributed by atoms with Gasteiger partial charge in [-0.15, -0.1) is 6.58 Å². The van der Waals surface area contributed by atoms with E-state index in [0.29, 0.717) is 0 Å². The van der Waals surface area contributed by atoms with Crippen LogP contribution in [-0.2, 0) is 4.79 Å². The third-order valence-corrected chi connectivity index (χ3v) is 1.78. The molecule has 1 atom stereocenters. The first-order valence-corrected chi connectivity index (χ1v) is 4.08. The lowest BCUT2D eigenvalue weighted by molar-refractivity contribution is -0.121. The normalized spacial score (nSPS) is 12.5. The molecular formula is C9H17NO. The molecule has 0 radical (unpaired) electrons. The molecule has 0 aliphatic carbocycles. The van der Waals surface area contributed by atoms with Crippen LogP contribution in [0.1, 0.15) is 32.6 Å². The van der Waals surface area contributed by atoms with Crippen molar-refractivity contribution in [1.82, 2.24) is 0 Å². The Bertz CT molecular complexity index is 132. The molecule has 64 valence electrons. The first kappa shape index (κ1) is 10.2. The summed E-state index contributed by atoms with van der Waals surface area (Å²) in [6, 6.07) is 0. The van der Waals surface area contributed by atoms with Crippen LogP contribution >= 0.6 is 0 Å². The van der Waals surface area contributed by atoms with Gasteiger partial charge in [0.25, 0.3) is 0 Å². The third kappa shape index (κ3) is 5.64. The molecule has 0 aromatic heterocycles. The fourth-order valence-corrected chi connectivity index (χ4v) is 0.881. The van der Waals surface area contributed by atoms with Gasteiger partial charge in [-0.25, -0.2) is 0 Å². The van der Waals surface area contributed by atoms with Gasteiger partial charge in [0, 0.05) is 5.92 Å². The van der Waals surface area contributed by atoms with E-state index in [9.17, 15) is 4.79 Å². The van der Waals surface area contributed by atoms with Gasteiger partial charge in [-0.2, -0.15) is 0 Å². The molecule has 1 amide bonds. The molecule has 0 aromatic carbocycles. The topological polar surface area (TPSA) is 43.1 Å². The van der Waals surface area contributed by atoms with Crippen molar-refractivity contribution < 1.29 is 4.79 Å². The molecule has 11 heavy (non-hydrogen) atoms. The fraction of sp³-hybridized carbons (Fsp3) is 0.667. The molecule has 0 saturated heterocycles. The fourth-order valence-electron chi connectivity index (χ4n) is 0.881. The van der Waals surface area contributed by atoms with Crippen molar-refractivity contribution in [3.05, 3.63) is 12.7 Å². The quantitative estimate of drug-likeness (QED) is 0.461. The van der Waals surface area contributed by atoms with Gasteiger partial charge in [-0.3, -0.25) is 4.79 Å². The number of allylic oxidation sites excluding steroid dienone is 1. The molecule has 0 aliphatic heterocycles. The Morgan fingerprint density at radius 2 is 2.27 bits per heavy atom. The van der Waals surface area contributed by atoms with E-state index in [1.165, 1.54) is 0 Å². The van der Waals surface area contributed by atoms with Crippen LogP contribution < -0.4 is 5.73 Å². The smallest absolute Gasteiger partial charge is 0.220 e. The van der Waals surface area contributed by atoms with Crippen LogP contribution in [0.5, 0.6) is 0 Å². The highest BCUT2D eigenvalue weighted by atomic mass is 16.1. The minimum atomic E-state index is -0.191. The van der Waals surface area contributed by atoms with Crippen LogP contribution in [0.3, 0.4) is 0 Å². The van der Waals surface area contributed by atoms with E-state index in [0.717, 1.165) is 25.7 Å². The number of hydrogen-bond acceptors (Lipinski definition) is 1. The number of carbonyl (C=O) groups is 1. The summed E-state index contributed by atoms with van der Waals surface area (Å²) in [5, 5.41) is 0. The number of primary amides is 1. The maximum atomic E-state index is 10.6. The minimum Gasteiger partial charge on any atom is -0.369 e. The summed E-state index contributed by atoms with van der Waals surface area (Å²) in [6.07, 6.45) is 6.01. The van der Waals surface area contributed by atoms with Gasteiger partial charge in [0.05, 0.1) is 0 Å². The van der Waals surface area contributed by atoms with Gasteiger partial charge in [-0.05, 0) is 19.3 Å². The summed E-state index contributed by atoms with van der Waals surface area (Å²) in [7, 11) is 0. The van der Waals surface area contributed by atoms with Crippen LogP contribution in [0.4, 0.5) is 0 Å². The monoisotopic (exact) mass is 155 g/mol. The van der Waals surface area contributed by atoms with Crippen LogP contribution in [0.25, 0.3) is 0 Å². The second-order valence-electron chi connectivity index (χ2n) is 2.88. The van der Waals surface area contributed by atoms with Gasteiger partial charge >= 0.3 is 0 Å². The minimum absolute atomic E-state index is 0.0276. The molecule has 2 N–H and O–H groups in total. The average Bonchev–Trinajstić information content (AvgIpc) is 1.97. The summed E-state index contributed by atoms with van der Waals surface area (Å²) in [6.45, 7) is 5.49. The number of hydrogen-bond donors (Lipinski definition) is 1. The van der Waals surface area contributed by atoms with E-state index >= 15 is 0 Å². The highest BCUT2D eigenvalue weighted by Crippen LogP contribution is 2.08. The highest BCUT2D eigenvalue weighted by Gasteiger charge is 2.06. The first-order valence-electron chi connectivity index (χ1n) is 4.08. The van der Waals surface area contributed by atoms with Crippen molar-refractivity contribution in [3.63, 3.8) is 0 Å². The standard InChI is InChI=1S/C9H17NO/c1-3-4-5-6-7-8(2)9(10)11/h3,8H,1,4-7H2,2H3,(H2,10,11). The van der Waals surface area contributed by atoms with Crippen molar-refractivity contribution in [2.24, 2.45) is 11.7 Å². The number of unbranched alkanes of at least 4 members (excludes halogenated alkanes) is 2. The zero-order chi connectivity index (χ0) is 8.69. The SMILES string of the molecule is C=CCCCCC(C)C(N)=O. The third-order valence-electron chi connectivity index (χ3n) is 1.78. The summed E-state index contributed by atoms with van der Waals surface area (Å²) in [4.78, 5) is 10.6. The molecule has 0 aromatic rings. The Labute approximate surface area is 68.5 Å².